The summed E-state index contributed by atoms with van der Waals surface area (Å²) >= 11 is 14.1. The Kier molecular flexibility index (Phi) is 4.27. The van der Waals surface area contributed by atoms with Crippen LogP contribution in [0.4, 0.5) is 0 Å². The van der Waals surface area contributed by atoms with E-state index in [0.717, 1.165) is 12.0 Å². The van der Waals surface area contributed by atoms with E-state index in [9.17, 15) is 5.11 Å². The van der Waals surface area contributed by atoms with E-state index in [1.54, 1.807) is 11.8 Å². The molecule has 0 bridgehead atoms. The normalized spacial score (nSPS) is 18.9. The number of benzene rings is 2. The van der Waals surface area contributed by atoms with Gasteiger partial charge < -0.3 is 5.11 Å². The second-order valence-electron chi connectivity index (χ2n) is 4.94. The third kappa shape index (κ3) is 2.84. The van der Waals surface area contributed by atoms with Crippen LogP contribution in [0.15, 0.2) is 47.4 Å². The molecule has 0 aromatic heterocycles. The lowest BCUT2D eigenvalue weighted by molar-refractivity contribution is 0.172. The summed E-state index contributed by atoms with van der Waals surface area (Å²) < 4.78 is 0. The molecular formula is C16H14Cl2OS. The SMILES string of the molecule is OC(Cc1c(Cl)cccc1Cl)C1Cc2ccccc2S1. The van der Waals surface area contributed by atoms with Crippen molar-refractivity contribution in [3.8, 4) is 0 Å². The van der Waals surface area contributed by atoms with Crippen molar-refractivity contribution in [3.63, 3.8) is 0 Å². The molecule has 4 heteroatoms. The first-order valence-corrected chi connectivity index (χ1v) is 8.14. The molecule has 2 unspecified atom stereocenters. The molecule has 1 nitrogen and oxygen atoms in total. The molecular weight excluding hydrogens is 311 g/mol. The highest BCUT2D eigenvalue weighted by Gasteiger charge is 2.28. The van der Waals surface area contributed by atoms with E-state index in [1.807, 2.05) is 30.3 Å². The smallest absolute Gasteiger partial charge is 0.0706 e. The van der Waals surface area contributed by atoms with Crippen molar-refractivity contribution in [3.05, 3.63) is 63.6 Å². The van der Waals surface area contributed by atoms with E-state index < -0.39 is 6.10 Å². The Labute approximate surface area is 132 Å². The number of hydrogen-bond donors (Lipinski definition) is 1. The Balaban J connectivity index is 1.74. The van der Waals surface area contributed by atoms with E-state index in [0.29, 0.717) is 16.5 Å². The van der Waals surface area contributed by atoms with Gasteiger partial charge in [0.15, 0.2) is 0 Å². The van der Waals surface area contributed by atoms with Crippen molar-refractivity contribution in [1.29, 1.82) is 0 Å². The zero-order chi connectivity index (χ0) is 14.1. The van der Waals surface area contributed by atoms with Crippen LogP contribution in [0, 0.1) is 0 Å². The maximum atomic E-state index is 10.5. The molecule has 0 spiro atoms. The first-order valence-electron chi connectivity index (χ1n) is 6.50. The summed E-state index contributed by atoms with van der Waals surface area (Å²) in [5.74, 6) is 0. The van der Waals surface area contributed by atoms with Crippen molar-refractivity contribution in [2.24, 2.45) is 0 Å². The predicted octanol–water partition coefficient (Wildman–Crippen LogP) is 4.61. The third-order valence-electron chi connectivity index (χ3n) is 3.58. The molecule has 0 radical (unpaired) electrons. The lowest BCUT2D eigenvalue weighted by atomic mass is 10.0. The van der Waals surface area contributed by atoms with Crippen molar-refractivity contribution < 1.29 is 5.11 Å². The fourth-order valence-corrected chi connectivity index (χ4v) is 4.35. The molecule has 104 valence electrons. The first-order chi connectivity index (χ1) is 9.65. The molecule has 2 aromatic rings. The molecule has 3 rings (SSSR count). The summed E-state index contributed by atoms with van der Waals surface area (Å²) in [6.45, 7) is 0. The van der Waals surface area contributed by atoms with Gasteiger partial charge in [-0.05, 0) is 35.7 Å². The molecule has 0 fully saturated rings. The minimum atomic E-state index is -0.454. The van der Waals surface area contributed by atoms with Gasteiger partial charge in [0.1, 0.15) is 0 Å². The number of halogens is 2. The molecule has 0 aliphatic carbocycles. The summed E-state index contributed by atoms with van der Waals surface area (Å²) in [7, 11) is 0. The van der Waals surface area contributed by atoms with Gasteiger partial charge in [0.2, 0.25) is 0 Å². The molecule has 1 N–H and O–H groups in total. The molecule has 1 aliphatic heterocycles. The van der Waals surface area contributed by atoms with Gasteiger partial charge in [0.05, 0.1) is 6.10 Å². The minimum Gasteiger partial charge on any atom is -0.392 e. The van der Waals surface area contributed by atoms with Gasteiger partial charge in [-0.2, -0.15) is 0 Å². The zero-order valence-corrected chi connectivity index (χ0v) is 13.1. The molecule has 2 atom stereocenters. The minimum absolute atomic E-state index is 0.166. The Morgan fingerprint density at radius 1 is 1.10 bits per heavy atom. The van der Waals surface area contributed by atoms with E-state index in [-0.39, 0.29) is 5.25 Å². The van der Waals surface area contributed by atoms with Crippen LogP contribution in [0.25, 0.3) is 0 Å². The fourth-order valence-electron chi connectivity index (χ4n) is 2.49. The molecule has 0 saturated heterocycles. The van der Waals surface area contributed by atoms with Crippen LogP contribution in [0.1, 0.15) is 11.1 Å². The molecule has 1 aliphatic rings. The highest BCUT2D eigenvalue weighted by atomic mass is 35.5. The van der Waals surface area contributed by atoms with Gasteiger partial charge in [-0.25, -0.2) is 0 Å². The van der Waals surface area contributed by atoms with E-state index >= 15 is 0 Å². The van der Waals surface area contributed by atoms with Crippen LogP contribution < -0.4 is 0 Å². The van der Waals surface area contributed by atoms with Gasteiger partial charge in [-0.3, -0.25) is 0 Å². The average Bonchev–Trinajstić information content (AvgIpc) is 2.87. The molecule has 20 heavy (non-hydrogen) atoms. The Morgan fingerprint density at radius 2 is 1.80 bits per heavy atom. The quantitative estimate of drug-likeness (QED) is 0.889. The van der Waals surface area contributed by atoms with Crippen LogP contribution in [0.2, 0.25) is 10.0 Å². The predicted molar refractivity (Wildman–Crippen MR) is 86.0 cm³/mol. The molecule has 0 amide bonds. The van der Waals surface area contributed by atoms with E-state index in [4.69, 9.17) is 23.2 Å². The second kappa shape index (κ2) is 5.98. The van der Waals surface area contributed by atoms with Gasteiger partial charge in [-0.1, -0.05) is 47.5 Å². The summed E-state index contributed by atoms with van der Waals surface area (Å²) in [6, 6.07) is 13.7. The summed E-state index contributed by atoms with van der Waals surface area (Å²) in [6.07, 6.45) is 0.929. The Bertz CT molecular complexity index is 584. The first kappa shape index (κ1) is 14.3. The summed E-state index contributed by atoms with van der Waals surface area (Å²) in [5, 5.41) is 11.9. The number of aliphatic hydroxyl groups excluding tert-OH is 1. The van der Waals surface area contributed by atoms with Crippen LogP contribution in [-0.4, -0.2) is 16.5 Å². The standard InChI is InChI=1S/C16H14Cl2OS/c17-12-5-3-6-13(18)11(12)9-14(19)16-8-10-4-1-2-7-15(10)20-16/h1-7,14,16,19H,8-9H2. The average molecular weight is 325 g/mol. The third-order valence-corrected chi connectivity index (χ3v) is 5.72. The molecule has 1 heterocycles. The van der Waals surface area contributed by atoms with Gasteiger partial charge in [-0.15, -0.1) is 11.8 Å². The highest BCUT2D eigenvalue weighted by molar-refractivity contribution is 8.00. The van der Waals surface area contributed by atoms with Crippen molar-refractivity contribution >= 4 is 35.0 Å². The lowest BCUT2D eigenvalue weighted by Crippen LogP contribution is -2.25. The number of fused-ring (bicyclic) bond motifs is 1. The number of hydrogen-bond acceptors (Lipinski definition) is 2. The fraction of sp³-hybridized carbons (Fsp3) is 0.250. The monoisotopic (exact) mass is 324 g/mol. The van der Waals surface area contributed by atoms with Gasteiger partial charge in [0, 0.05) is 26.6 Å². The largest absolute Gasteiger partial charge is 0.392 e. The number of rotatable bonds is 3. The Morgan fingerprint density at radius 3 is 2.50 bits per heavy atom. The number of aliphatic hydroxyl groups is 1. The maximum Gasteiger partial charge on any atom is 0.0706 e. The summed E-state index contributed by atoms with van der Waals surface area (Å²) in [5.41, 5.74) is 2.15. The molecule has 2 aromatic carbocycles. The van der Waals surface area contributed by atoms with Gasteiger partial charge in [0.25, 0.3) is 0 Å². The van der Waals surface area contributed by atoms with Crippen LogP contribution in [0.3, 0.4) is 0 Å². The van der Waals surface area contributed by atoms with Crippen LogP contribution in [-0.2, 0) is 12.8 Å². The van der Waals surface area contributed by atoms with Crippen molar-refractivity contribution in [2.75, 3.05) is 0 Å². The van der Waals surface area contributed by atoms with Crippen LogP contribution >= 0.6 is 35.0 Å². The van der Waals surface area contributed by atoms with Crippen molar-refractivity contribution in [2.45, 2.75) is 29.1 Å². The maximum absolute atomic E-state index is 10.5. The molecule has 0 saturated carbocycles. The van der Waals surface area contributed by atoms with Crippen molar-refractivity contribution in [1.82, 2.24) is 0 Å². The second-order valence-corrected chi connectivity index (χ2v) is 7.04. The number of thioether (sulfide) groups is 1. The van der Waals surface area contributed by atoms with Crippen LogP contribution in [0.5, 0.6) is 0 Å². The van der Waals surface area contributed by atoms with E-state index in [1.165, 1.54) is 10.5 Å². The lowest BCUT2D eigenvalue weighted by Gasteiger charge is -2.18. The highest BCUT2D eigenvalue weighted by Crippen LogP contribution is 2.39. The van der Waals surface area contributed by atoms with E-state index in [2.05, 4.69) is 12.1 Å². The zero-order valence-electron chi connectivity index (χ0n) is 10.7. The van der Waals surface area contributed by atoms with Gasteiger partial charge >= 0.3 is 0 Å². The Hall–Kier alpha value is -0.670. The topological polar surface area (TPSA) is 20.2 Å². The summed E-state index contributed by atoms with van der Waals surface area (Å²) in [4.78, 5) is 1.27.